The molecule has 0 bridgehead atoms. The molecule has 0 radical (unpaired) electrons. The first-order valence-corrected chi connectivity index (χ1v) is 7.87. The van der Waals surface area contributed by atoms with Crippen molar-refractivity contribution in [3.63, 3.8) is 0 Å². The largest absolute Gasteiger partial charge is 0.497 e. The second-order valence-corrected chi connectivity index (χ2v) is 5.69. The van der Waals surface area contributed by atoms with E-state index in [1.54, 1.807) is 7.11 Å². The SMILES string of the molecule is COc1cccc(OCCN2CCCC(C)C2)c1.O=C(O)C(=O)O. The molecule has 0 spiro atoms. The molecule has 0 saturated carbocycles. The highest BCUT2D eigenvalue weighted by molar-refractivity contribution is 6.27. The summed E-state index contributed by atoms with van der Waals surface area (Å²) in [4.78, 5) is 20.7. The number of rotatable bonds is 5. The third kappa shape index (κ3) is 7.82. The van der Waals surface area contributed by atoms with Gasteiger partial charge in [0.1, 0.15) is 18.1 Å². The van der Waals surface area contributed by atoms with Gasteiger partial charge in [0, 0.05) is 19.2 Å². The molecule has 1 aromatic rings. The lowest BCUT2D eigenvalue weighted by molar-refractivity contribution is -0.159. The van der Waals surface area contributed by atoms with Crippen LogP contribution >= 0.6 is 0 Å². The Kier molecular flexibility index (Phi) is 8.64. The van der Waals surface area contributed by atoms with Crippen molar-refractivity contribution in [2.45, 2.75) is 19.8 Å². The highest BCUT2D eigenvalue weighted by Crippen LogP contribution is 2.19. The third-order valence-electron chi connectivity index (χ3n) is 3.64. The van der Waals surface area contributed by atoms with Crippen molar-refractivity contribution < 1.29 is 29.3 Å². The molecule has 1 heterocycles. The van der Waals surface area contributed by atoms with E-state index in [4.69, 9.17) is 29.3 Å². The van der Waals surface area contributed by atoms with Gasteiger partial charge < -0.3 is 19.7 Å². The first-order chi connectivity index (χ1) is 11.4. The van der Waals surface area contributed by atoms with E-state index in [0.29, 0.717) is 0 Å². The molecule has 7 heteroatoms. The van der Waals surface area contributed by atoms with Crippen LogP contribution in [0.25, 0.3) is 0 Å². The summed E-state index contributed by atoms with van der Waals surface area (Å²) in [6.45, 7) is 6.52. The number of hydrogen-bond acceptors (Lipinski definition) is 5. The van der Waals surface area contributed by atoms with Crippen LogP contribution in [0, 0.1) is 5.92 Å². The molecule has 24 heavy (non-hydrogen) atoms. The second-order valence-electron chi connectivity index (χ2n) is 5.69. The van der Waals surface area contributed by atoms with Gasteiger partial charge in [-0.15, -0.1) is 0 Å². The average Bonchev–Trinajstić information content (AvgIpc) is 2.55. The number of carboxylic acids is 2. The minimum absolute atomic E-state index is 0.750. The van der Waals surface area contributed by atoms with Crippen LogP contribution in [-0.2, 0) is 9.59 Å². The van der Waals surface area contributed by atoms with E-state index in [1.807, 2.05) is 24.3 Å². The normalized spacial score (nSPS) is 17.3. The quantitative estimate of drug-likeness (QED) is 0.792. The standard InChI is InChI=1S/C15H23NO2.C2H2O4/c1-13-5-4-8-16(12-13)9-10-18-15-7-3-6-14(11-15)17-2;3-1(4)2(5)6/h3,6-7,11,13H,4-5,8-10,12H2,1-2H3;(H,3,4)(H,5,6). The summed E-state index contributed by atoms with van der Waals surface area (Å²) in [6.07, 6.45) is 2.69. The molecule has 1 aromatic carbocycles. The number of aliphatic carboxylic acids is 2. The highest BCUT2D eigenvalue weighted by atomic mass is 16.5. The fraction of sp³-hybridized carbons (Fsp3) is 0.529. The molecule has 1 aliphatic heterocycles. The molecule has 1 unspecified atom stereocenters. The molecular weight excluding hydrogens is 314 g/mol. The fourth-order valence-electron chi connectivity index (χ4n) is 2.47. The van der Waals surface area contributed by atoms with Gasteiger partial charge in [0.05, 0.1) is 7.11 Å². The van der Waals surface area contributed by atoms with Gasteiger partial charge in [-0.2, -0.15) is 0 Å². The maximum absolute atomic E-state index is 9.10. The van der Waals surface area contributed by atoms with Crippen molar-refractivity contribution in [1.82, 2.24) is 4.90 Å². The molecule has 1 saturated heterocycles. The monoisotopic (exact) mass is 339 g/mol. The molecule has 7 nitrogen and oxygen atoms in total. The van der Waals surface area contributed by atoms with Gasteiger partial charge in [-0.1, -0.05) is 13.0 Å². The first kappa shape index (κ1) is 19.8. The number of likely N-dealkylation sites (tertiary alicyclic amines) is 1. The smallest absolute Gasteiger partial charge is 0.414 e. The van der Waals surface area contributed by atoms with Gasteiger partial charge in [0.2, 0.25) is 0 Å². The Morgan fingerprint density at radius 1 is 1.25 bits per heavy atom. The Morgan fingerprint density at radius 2 is 1.92 bits per heavy atom. The number of methoxy groups -OCH3 is 1. The maximum atomic E-state index is 9.10. The average molecular weight is 339 g/mol. The number of hydrogen-bond donors (Lipinski definition) is 2. The lowest BCUT2D eigenvalue weighted by Crippen LogP contribution is -2.37. The minimum atomic E-state index is -1.82. The maximum Gasteiger partial charge on any atom is 0.414 e. The summed E-state index contributed by atoms with van der Waals surface area (Å²) in [6, 6.07) is 7.79. The predicted molar refractivity (Wildman–Crippen MR) is 88.6 cm³/mol. The second kappa shape index (κ2) is 10.5. The predicted octanol–water partition coefficient (Wildman–Crippen LogP) is 1.96. The molecule has 0 amide bonds. The van der Waals surface area contributed by atoms with Crippen molar-refractivity contribution in [3.8, 4) is 11.5 Å². The molecule has 0 aromatic heterocycles. The number of benzene rings is 1. The Labute approximate surface area is 141 Å². The van der Waals surface area contributed by atoms with E-state index in [9.17, 15) is 0 Å². The van der Waals surface area contributed by atoms with E-state index >= 15 is 0 Å². The summed E-state index contributed by atoms with van der Waals surface area (Å²) in [5, 5.41) is 14.8. The van der Waals surface area contributed by atoms with Crippen LogP contribution in [0.2, 0.25) is 0 Å². The topological polar surface area (TPSA) is 96.3 Å². The minimum Gasteiger partial charge on any atom is -0.497 e. The van der Waals surface area contributed by atoms with E-state index in [-0.39, 0.29) is 0 Å². The van der Waals surface area contributed by atoms with Crippen LogP contribution in [0.15, 0.2) is 24.3 Å². The van der Waals surface area contributed by atoms with Crippen molar-refractivity contribution in [2.24, 2.45) is 5.92 Å². The molecule has 134 valence electrons. The molecule has 1 atom stereocenters. The number of piperidine rings is 1. The van der Waals surface area contributed by atoms with E-state index in [0.717, 1.165) is 30.6 Å². The zero-order chi connectivity index (χ0) is 17.9. The third-order valence-corrected chi connectivity index (χ3v) is 3.64. The first-order valence-electron chi connectivity index (χ1n) is 7.87. The molecule has 1 fully saturated rings. The van der Waals surface area contributed by atoms with Crippen LogP contribution < -0.4 is 9.47 Å². The highest BCUT2D eigenvalue weighted by Gasteiger charge is 2.15. The molecule has 1 aliphatic rings. The van der Waals surface area contributed by atoms with Crippen molar-refractivity contribution >= 4 is 11.9 Å². The van der Waals surface area contributed by atoms with Gasteiger partial charge in [0.25, 0.3) is 0 Å². The Hall–Kier alpha value is -2.28. The van der Waals surface area contributed by atoms with Crippen LogP contribution in [0.3, 0.4) is 0 Å². The van der Waals surface area contributed by atoms with Gasteiger partial charge in [0.15, 0.2) is 0 Å². The van der Waals surface area contributed by atoms with Gasteiger partial charge in [-0.25, -0.2) is 9.59 Å². The van der Waals surface area contributed by atoms with Crippen LogP contribution in [0.5, 0.6) is 11.5 Å². The summed E-state index contributed by atoms with van der Waals surface area (Å²) in [5.41, 5.74) is 0. The Balaban J connectivity index is 0.000000413. The van der Waals surface area contributed by atoms with E-state index in [1.165, 1.54) is 25.9 Å². The van der Waals surface area contributed by atoms with Gasteiger partial charge in [-0.3, -0.25) is 4.90 Å². The van der Waals surface area contributed by atoms with Crippen LogP contribution in [0.1, 0.15) is 19.8 Å². The van der Waals surface area contributed by atoms with Crippen molar-refractivity contribution in [2.75, 3.05) is 33.4 Å². The number of nitrogens with zero attached hydrogens (tertiary/aromatic N) is 1. The molecule has 0 aliphatic carbocycles. The zero-order valence-electron chi connectivity index (χ0n) is 14.1. The fourth-order valence-corrected chi connectivity index (χ4v) is 2.47. The summed E-state index contributed by atoms with van der Waals surface area (Å²) < 4.78 is 10.9. The lowest BCUT2D eigenvalue weighted by Gasteiger charge is -2.30. The summed E-state index contributed by atoms with van der Waals surface area (Å²) >= 11 is 0. The van der Waals surface area contributed by atoms with E-state index in [2.05, 4.69) is 11.8 Å². The van der Waals surface area contributed by atoms with Gasteiger partial charge >= 0.3 is 11.9 Å². The summed E-state index contributed by atoms with van der Waals surface area (Å²) in [5.74, 6) is -1.08. The van der Waals surface area contributed by atoms with E-state index < -0.39 is 11.9 Å². The van der Waals surface area contributed by atoms with Crippen LogP contribution in [0.4, 0.5) is 0 Å². The lowest BCUT2D eigenvalue weighted by atomic mass is 10.0. The summed E-state index contributed by atoms with van der Waals surface area (Å²) in [7, 11) is 1.67. The van der Waals surface area contributed by atoms with Gasteiger partial charge in [-0.05, 0) is 37.4 Å². The van der Waals surface area contributed by atoms with Crippen molar-refractivity contribution in [1.29, 1.82) is 0 Å². The zero-order valence-corrected chi connectivity index (χ0v) is 14.1. The van der Waals surface area contributed by atoms with Crippen molar-refractivity contribution in [3.05, 3.63) is 24.3 Å². The number of carboxylic acid groups (broad SMARTS) is 2. The molecule has 2 N–H and O–H groups in total. The number of carbonyl (C=O) groups is 2. The molecule has 2 rings (SSSR count). The Bertz CT molecular complexity index is 522. The Morgan fingerprint density at radius 3 is 2.50 bits per heavy atom. The van der Waals surface area contributed by atoms with Crippen LogP contribution in [-0.4, -0.2) is 60.4 Å². The number of ether oxygens (including phenoxy) is 2. The molecular formula is C17H25NO6.